The first-order valence-corrected chi connectivity index (χ1v) is 7.04. The Balaban J connectivity index is 1.66. The van der Waals surface area contributed by atoms with Gasteiger partial charge in [0.15, 0.2) is 0 Å². The van der Waals surface area contributed by atoms with Crippen molar-refractivity contribution in [1.82, 2.24) is 9.80 Å². The quantitative estimate of drug-likeness (QED) is 0.856. The smallest absolute Gasteiger partial charge is 0.251 e. The molecule has 0 aromatic heterocycles. The summed E-state index contributed by atoms with van der Waals surface area (Å²) in [5, 5.41) is 9.28. The summed E-state index contributed by atoms with van der Waals surface area (Å²) in [6.45, 7) is 6.03. The van der Waals surface area contributed by atoms with E-state index in [1.165, 1.54) is 6.92 Å². The molecule has 1 aromatic rings. The highest BCUT2D eigenvalue weighted by atomic mass is 16.5. The van der Waals surface area contributed by atoms with Crippen LogP contribution in [0.15, 0.2) is 30.3 Å². The van der Waals surface area contributed by atoms with Crippen LogP contribution in [-0.4, -0.2) is 66.2 Å². The molecule has 1 heterocycles. The Morgan fingerprint density at radius 1 is 1.25 bits per heavy atom. The normalized spacial score (nSPS) is 17.8. The number of aliphatic hydroxyl groups excluding tert-OH is 1. The van der Waals surface area contributed by atoms with Gasteiger partial charge in [-0.15, -0.1) is 0 Å². The topological polar surface area (TPSA) is 53.0 Å². The van der Waals surface area contributed by atoms with Gasteiger partial charge < -0.3 is 14.7 Å². The van der Waals surface area contributed by atoms with E-state index in [-0.39, 0.29) is 5.91 Å². The van der Waals surface area contributed by atoms with Crippen LogP contribution < -0.4 is 4.74 Å². The molecule has 0 spiro atoms. The lowest BCUT2D eigenvalue weighted by Gasteiger charge is -2.35. The molecule has 0 bridgehead atoms. The van der Waals surface area contributed by atoms with Crippen LogP contribution >= 0.6 is 0 Å². The molecule has 5 heteroatoms. The van der Waals surface area contributed by atoms with Gasteiger partial charge in [0.1, 0.15) is 18.5 Å². The molecule has 1 amide bonds. The summed E-state index contributed by atoms with van der Waals surface area (Å²) in [6.07, 6.45) is -0.900. The van der Waals surface area contributed by atoms with Crippen LogP contribution in [0.5, 0.6) is 5.75 Å². The zero-order valence-electron chi connectivity index (χ0n) is 11.9. The molecule has 1 aromatic carbocycles. The van der Waals surface area contributed by atoms with E-state index in [1.54, 1.807) is 4.90 Å². The number of benzene rings is 1. The molecule has 0 saturated carbocycles. The van der Waals surface area contributed by atoms with Gasteiger partial charge in [-0.2, -0.15) is 0 Å². The summed E-state index contributed by atoms with van der Waals surface area (Å²) in [5.41, 5.74) is 0. The van der Waals surface area contributed by atoms with Crippen molar-refractivity contribution < 1.29 is 14.6 Å². The highest BCUT2D eigenvalue weighted by Crippen LogP contribution is 2.09. The molecule has 1 atom stereocenters. The van der Waals surface area contributed by atoms with Gasteiger partial charge in [0, 0.05) is 32.7 Å². The first kappa shape index (κ1) is 14.8. The van der Waals surface area contributed by atoms with Crippen molar-refractivity contribution in [3.05, 3.63) is 30.3 Å². The van der Waals surface area contributed by atoms with E-state index in [2.05, 4.69) is 4.90 Å². The minimum atomic E-state index is -0.900. The zero-order chi connectivity index (χ0) is 14.4. The third-order valence-corrected chi connectivity index (χ3v) is 3.46. The monoisotopic (exact) mass is 278 g/mol. The summed E-state index contributed by atoms with van der Waals surface area (Å²) < 4.78 is 5.66. The van der Waals surface area contributed by atoms with E-state index >= 15 is 0 Å². The van der Waals surface area contributed by atoms with Crippen molar-refractivity contribution in [2.45, 2.75) is 13.0 Å². The standard InChI is InChI=1S/C15H22N2O3/c1-13(18)15(19)17-9-7-16(8-10-17)11-12-20-14-5-3-2-4-6-14/h2-6,13,18H,7-12H2,1H3. The average molecular weight is 278 g/mol. The minimum Gasteiger partial charge on any atom is -0.492 e. The lowest BCUT2D eigenvalue weighted by atomic mass is 10.2. The predicted octanol–water partition coefficient (Wildman–Crippen LogP) is 0.590. The number of ether oxygens (including phenoxy) is 1. The molecule has 1 fully saturated rings. The Kier molecular flexibility index (Phi) is 5.38. The molecule has 2 rings (SSSR count). The number of nitrogens with zero attached hydrogens (tertiary/aromatic N) is 2. The molecule has 1 aliphatic rings. The maximum Gasteiger partial charge on any atom is 0.251 e. The van der Waals surface area contributed by atoms with Gasteiger partial charge in [-0.25, -0.2) is 0 Å². The fourth-order valence-electron chi connectivity index (χ4n) is 2.27. The Bertz CT molecular complexity index is 414. The van der Waals surface area contributed by atoms with E-state index in [1.807, 2.05) is 30.3 Å². The minimum absolute atomic E-state index is 0.176. The molecule has 0 radical (unpaired) electrons. The summed E-state index contributed by atoms with van der Waals surface area (Å²) in [7, 11) is 0. The van der Waals surface area contributed by atoms with Crippen LogP contribution in [0.4, 0.5) is 0 Å². The molecule has 110 valence electrons. The molecule has 1 aliphatic heterocycles. The fourth-order valence-corrected chi connectivity index (χ4v) is 2.27. The molecule has 5 nitrogen and oxygen atoms in total. The van der Waals surface area contributed by atoms with Crippen LogP contribution in [0.2, 0.25) is 0 Å². The van der Waals surface area contributed by atoms with Gasteiger partial charge >= 0.3 is 0 Å². The number of hydrogen-bond acceptors (Lipinski definition) is 4. The molecule has 1 unspecified atom stereocenters. The van der Waals surface area contributed by atoms with Gasteiger partial charge in [-0.1, -0.05) is 18.2 Å². The second-order valence-corrected chi connectivity index (χ2v) is 5.00. The average Bonchev–Trinajstić information content (AvgIpc) is 2.48. The number of rotatable bonds is 5. The maximum atomic E-state index is 11.6. The van der Waals surface area contributed by atoms with Crippen LogP contribution in [-0.2, 0) is 4.79 Å². The number of para-hydroxylation sites is 1. The van der Waals surface area contributed by atoms with Crippen LogP contribution in [0.3, 0.4) is 0 Å². The molecule has 1 N–H and O–H groups in total. The lowest BCUT2D eigenvalue weighted by Crippen LogP contribution is -2.51. The largest absolute Gasteiger partial charge is 0.492 e. The second kappa shape index (κ2) is 7.26. The van der Waals surface area contributed by atoms with Gasteiger partial charge in [0.2, 0.25) is 0 Å². The Labute approximate surface area is 119 Å². The number of carbonyl (C=O) groups excluding carboxylic acids is 1. The first-order chi connectivity index (χ1) is 9.66. The SMILES string of the molecule is CC(O)C(=O)N1CCN(CCOc2ccccc2)CC1. The van der Waals surface area contributed by atoms with Crippen molar-refractivity contribution >= 4 is 5.91 Å². The van der Waals surface area contributed by atoms with E-state index in [0.717, 1.165) is 25.4 Å². The van der Waals surface area contributed by atoms with E-state index in [9.17, 15) is 9.90 Å². The van der Waals surface area contributed by atoms with Gasteiger partial charge in [-0.3, -0.25) is 9.69 Å². The number of amides is 1. The van der Waals surface area contributed by atoms with Crippen molar-refractivity contribution in [2.24, 2.45) is 0 Å². The molecule has 20 heavy (non-hydrogen) atoms. The Morgan fingerprint density at radius 3 is 2.50 bits per heavy atom. The summed E-state index contributed by atoms with van der Waals surface area (Å²) in [5.74, 6) is 0.709. The molecule has 1 saturated heterocycles. The Morgan fingerprint density at radius 2 is 1.90 bits per heavy atom. The maximum absolute atomic E-state index is 11.6. The van der Waals surface area contributed by atoms with Crippen molar-refractivity contribution in [3.63, 3.8) is 0 Å². The molecular formula is C15H22N2O3. The zero-order valence-corrected chi connectivity index (χ0v) is 11.9. The lowest BCUT2D eigenvalue weighted by molar-refractivity contribution is -0.141. The molecule has 0 aliphatic carbocycles. The summed E-state index contributed by atoms with van der Waals surface area (Å²) in [6, 6.07) is 9.76. The van der Waals surface area contributed by atoms with Crippen LogP contribution in [0.1, 0.15) is 6.92 Å². The van der Waals surface area contributed by atoms with E-state index < -0.39 is 6.10 Å². The number of hydrogen-bond donors (Lipinski definition) is 1. The third kappa shape index (κ3) is 4.21. The summed E-state index contributed by atoms with van der Waals surface area (Å²) >= 11 is 0. The third-order valence-electron chi connectivity index (χ3n) is 3.46. The number of aliphatic hydroxyl groups is 1. The van der Waals surface area contributed by atoms with Gasteiger partial charge in [0.05, 0.1) is 0 Å². The van der Waals surface area contributed by atoms with Crippen molar-refractivity contribution in [3.8, 4) is 5.75 Å². The predicted molar refractivity (Wildman–Crippen MR) is 76.6 cm³/mol. The Hall–Kier alpha value is -1.59. The second-order valence-electron chi connectivity index (χ2n) is 5.00. The number of carbonyl (C=O) groups is 1. The van der Waals surface area contributed by atoms with Crippen molar-refractivity contribution in [2.75, 3.05) is 39.3 Å². The highest BCUT2D eigenvalue weighted by Gasteiger charge is 2.23. The van der Waals surface area contributed by atoms with Gasteiger partial charge in [0.25, 0.3) is 5.91 Å². The van der Waals surface area contributed by atoms with Crippen LogP contribution in [0, 0.1) is 0 Å². The van der Waals surface area contributed by atoms with E-state index in [0.29, 0.717) is 19.7 Å². The highest BCUT2D eigenvalue weighted by molar-refractivity contribution is 5.80. The van der Waals surface area contributed by atoms with E-state index in [4.69, 9.17) is 4.74 Å². The van der Waals surface area contributed by atoms with Gasteiger partial charge in [-0.05, 0) is 19.1 Å². The molecular weight excluding hydrogens is 256 g/mol. The fraction of sp³-hybridized carbons (Fsp3) is 0.533. The number of piperazine rings is 1. The summed E-state index contributed by atoms with van der Waals surface area (Å²) in [4.78, 5) is 15.6. The van der Waals surface area contributed by atoms with Crippen molar-refractivity contribution in [1.29, 1.82) is 0 Å². The van der Waals surface area contributed by atoms with Crippen LogP contribution in [0.25, 0.3) is 0 Å². The first-order valence-electron chi connectivity index (χ1n) is 7.04.